The summed E-state index contributed by atoms with van der Waals surface area (Å²) < 4.78 is 5.28. The average Bonchev–Trinajstić information content (AvgIpc) is 3.01. The minimum Gasteiger partial charge on any atom is -0.460 e. The number of nitrogens with two attached hydrogens (primary N) is 2. The second-order valence-electron chi connectivity index (χ2n) is 8.79. The Morgan fingerprint density at radius 1 is 1.25 bits per heavy atom. The normalized spacial score (nSPS) is 14.2. The number of hydrogen-bond acceptors (Lipinski definition) is 7. The van der Waals surface area contributed by atoms with Crippen LogP contribution in [0.5, 0.6) is 0 Å². The number of anilines is 1. The number of primary amides is 1. The molecule has 1 aliphatic rings. The number of fused-ring (bicyclic) bond motifs is 1. The molecule has 1 aliphatic heterocycles. The van der Waals surface area contributed by atoms with Gasteiger partial charge in [0.15, 0.2) is 0 Å². The molecular formula is C23H28N4O5. The minimum atomic E-state index is -0.933. The van der Waals surface area contributed by atoms with Crippen molar-refractivity contribution in [3.63, 3.8) is 0 Å². The predicted molar refractivity (Wildman–Crippen MR) is 118 cm³/mol. The lowest BCUT2D eigenvalue weighted by molar-refractivity contribution is -0.155. The molecule has 0 saturated heterocycles. The summed E-state index contributed by atoms with van der Waals surface area (Å²) in [4.78, 5) is 42.8. The van der Waals surface area contributed by atoms with Gasteiger partial charge in [0.25, 0.3) is 5.91 Å². The van der Waals surface area contributed by atoms with E-state index >= 15 is 0 Å². The fraction of sp³-hybridized carbons (Fsp3) is 0.391. The van der Waals surface area contributed by atoms with E-state index in [0.717, 1.165) is 5.56 Å². The van der Waals surface area contributed by atoms with Crippen molar-refractivity contribution in [2.24, 2.45) is 5.73 Å². The van der Waals surface area contributed by atoms with Gasteiger partial charge in [0.2, 0.25) is 5.91 Å². The molecule has 170 valence electrons. The fourth-order valence-corrected chi connectivity index (χ4v) is 3.70. The molecule has 32 heavy (non-hydrogen) atoms. The van der Waals surface area contributed by atoms with Gasteiger partial charge in [-0.05, 0) is 62.6 Å². The Morgan fingerprint density at radius 2 is 1.97 bits per heavy atom. The Bertz CT molecular complexity index is 1060. The van der Waals surface area contributed by atoms with Crippen molar-refractivity contribution in [2.45, 2.75) is 58.4 Å². The molecular weight excluding hydrogens is 412 g/mol. The summed E-state index contributed by atoms with van der Waals surface area (Å²) in [6.07, 6.45) is 0.0425. The molecule has 2 heterocycles. The molecule has 1 atom stereocenters. The van der Waals surface area contributed by atoms with Crippen LogP contribution in [0, 0.1) is 0 Å². The highest BCUT2D eigenvalue weighted by Crippen LogP contribution is 2.30. The third kappa shape index (κ3) is 5.23. The van der Waals surface area contributed by atoms with Crippen LogP contribution in [0.2, 0.25) is 0 Å². The number of pyridine rings is 1. The molecule has 3 rings (SSSR count). The maximum Gasteiger partial charge on any atom is 0.306 e. The van der Waals surface area contributed by atoms with E-state index < -0.39 is 23.5 Å². The number of nitrogen functional groups attached to an aromatic ring is 1. The van der Waals surface area contributed by atoms with E-state index in [1.54, 1.807) is 45.0 Å². The van der Waals surface area contributed by atoms with Crippen LogP contribution in [0.4, 0.5) is 5.82 Å². The van der Waals surface area contributed by atoms with Crippen LogP contribution in [-0.2, 0) is 27.5 Å². The number of nitrogens with zero attached hydrogens (tertiary/aromatic N) is 2. The molecule has 5 N–H and O–H groups in total. The summed E-state index contributed by atoms with van der Waals surface area (Å²) in [6, 6.07) is 7.59. The third-order valence-electron chi connectivity index (χ3n) is 5.07. The van der Waals surface area contributed by atoms with Gasteiger partial charge in [-0.1, -0.05) is 6.07 Å². The number of aliphatic hydroxyl groups is 1. The summed E-state index contributed by atoms with van der Waals surface area (Å²) in [6.45, 7) is 5.28. The maximum atomic E-state index is 13.0. The van der Waals surface area contributed by atoms with Crippen molar-refractivity contribution in [3.8, 4) is 11.3 Å². The summed E-state index contributed by atoms with van der Waals surface area (Å²) in [5.74, 6) is -1.18. The highest BCUT2D eigenvalue weighted by molar-refractivity contribution is 6.01. The summed E-state index contributed by atoms with van der Waals surface area (Å²) in [5.41, 5.74) is 13.8. The monoisotopic (exact) mass is 440 g/mol. The SMILES string of the molecule is CC(C)(C)OC(=O)CCC(C(N)=O)N1Cc2cc(-c3cc(CO)cc(N)n3)ccc2C1=O. The zero-order valence-electron chi connectivity index (χ0n) is 18.4. The number of ether oxygens (including phenoxy) is 1. The number of esters is 1. The molecule has 9 nitrogen and oxygen atoms in total. The van der Waals surface area contributed by atoms with Gasteiger partial charge in [-0.3, -0.25) is 14.4 Å². The van der Waals surface area contributed by atoms with Gasteiger partial charge in [-0.2, -0.15) is 0 Å². The lowest BCUT2D eigenvalue weighted by Crippen LogP contribution is -2.45. The molecule has 9 heteroatoms. The van der Waals surface area contributed by atoms with Crippen molar-refractivity contribution >= 4 is 23.6 Å². The Morgan fingerprint density at radius 3 is 2.59 bits per heavy atom. The van der Waals surface area contributed by atoms with Gasteiger partial charge in [0.05, 0.1) is 12.3 Å². The largest absolute Gasteiger partial charge is 0.460 e. The van der Waals surface area contributed by atoms with E-state index in [4.69, 9.17) is 16.2 Å². The number of benzene rings is 1. The first-order valence-corrected chi connectivity index (χ1v) is 10.3. The number of carbonyl (C=O) groups excluding carboxylic acids is 3. The van der Waals surface area contributed by atoms with Gasteiger partial charge in [0, 0.05) is 24.1 Å². The van der Waals surface area contributed by atoms with Crippen molar-refractivity contribution in [1.29, 1.82) is 0 Å². The summed E-state index contributed by atoms with van der Waals surface area (Å²) in [5, 5.41) is 9.41. The Labute approximate surface area is 186 Å². The molecule has 0 spiro atoms. The molecule has 0 bridgehead atoms. The predicted octanol–water partition coefficient (Wildman–Crippen LogP) is 1.75. The van der Waals surface area contributed by atoms with Crippen LogP contribution in [0.15, 0.2) is 30.3 Å². The van der Waals surface area contributed by atoms with Gasteiger partial charge in [-0.15, -0.1) is 0 Å². The maximum absolute atomic E-state index is 13.0. The summed E-state index contributed by atoms with van der Waals surface area (Å²) in [7, 11) is 0. The quantitative estimate of drug-likeness (QED) is 0.555. The molecule has 1 unspecified atom stereocenters. The topological polar surface area (TPSA) is 149 Å². The van der Waals surface area contributed by atoms with Crippen LogP contribution in [0.1, 0.15) is 55.1 Å². The smallest absolute Gasteiger partial charge is 0.306 e. The lowest BCUT2D eigenvalue weighted by atomic mass is 10.0. The van der Waals surface area contributed by atoms with E-state index in [1.807, 2.05) is 6.07 Å². The van der Waals surface area contributed by atoms with Gasteiger partial charge in [0.1, 0.15) is 17.5 Å². The number of amides is 2. The van der Waals surface area contributed by atoms with Crippen LogP contribution in [0.3, 0.4) is 0 Å². The van der Waals surface area contributed by atoms with E-state index in [0.29, 0.717) is 22.4 Å². The van der Waals surface area contributed by atoms with E-state index in [-0.39, 0.29) is 37.7 Å². The van der Waals surface area contributed by atoms with E-state index in [2.05, 4.69) is 4.98 Å². The third-order valence-corrected chi connectivity index (χ3v) is 5.07. The molecule has 1 aromatic heterocycles. The first kappa shape index (κ1) is 23.2. The number of aromatic nitrogens is 1. The molecule has 0 aliphatic carbocycles. The molecule has 0 radical (unpaired) electrons. The number of hydrogen-bond donors (Lipinski definition) is 3. The lowest BCUT2D eigenvalue weighted by Gasteiger charge is -2.25. The van der Waals surface area contributed by atoms with Crippen molar-refractivity contribution in [2.75, 3.05) is 5.73 Å². The van der Waals surface area contributed by atoms with Gasteiger partial charge < -0.3 is 26.2 Å². The molecule has 2 aromatic rings. The van der Waals surface area contributed by atoms with Crippen molar-refractivity contribution < 1.29 is 24.2 Å². The van der Waals surface area contributed by atoms with Crippen LogP contribution in [0.25, 0.3) is 11.3 Å². The van der Waals surface area contributed by atoms with Crippen molar-refractivity contribution in [3.05, 3.63) is 47.0 Å². The summed E-state index contributed by atoms with van der Waals surface area (Å²) >= 11 is 0. The van der Waals surface area contributed by atoms with E-state index in [9.17, 15) is 19.5 Å². The Balaban J connectivity index is 1.80. The first-order valence-electron chi connectivity index (χ1n) is 10.3. The van der Waals surface area contributed by atoms with Gasteiger partial charge in [-0.25, -0.2) is 4.98 Å². The van der Waals surface area contributed by atoms with Crippen LogP contribution >= 0.6 is 0 Å². The number of aliphatic hydroxyl groups excluding tert-OH is 1. The Kier molecular flexibility index (Phi) is 6.50. The average molecular weight is 441 g/mol. The Hall–Kier alpha value is -3.46. The number of carbonyl (C=O) groups is 3. The minimum absolute atomic E-state index is 0.0343. The first-order chi connectivity index (χ1) is 15.0. The second-order valence-corrected chi connectivity index (χ2v) is 8.79. The highest BCUT2D eigenvalue weighted by atomic mass is 16.6. The van der Waals surface area contributed by atoms with Crippen LogP contribution < -0.4 is 11.5 Å². The fourth-order valence-electron chi connectivity index (χ4n) is 3.70. The molecule has 0 saturated carbocycles. The standard InChI is InChI=1S/C23H28N4O5/c1-23(2,3)32-20(29)7-6-18(21(25)30)27-11-15-10-14(4-5-16(15)22(27)31)17-8-13(12-28)9-19(24)26-17/h4-5,8-10,18,28H,6-7,11-12H2,1-3H3,(H2,24,26)(H2,25,30). The van der Waals surface area contributed by atoms with E-state index in [1.165, 1.54) is 4.90 Å². The van der Waals surface area contributed by atoms with Crippen molar-refractivity contribution in [1.82, 2.24) is 9.88 Å². The molecule has 0 fully saturated rings. The van der Waals surface area contributed by atoms with Gasteiger partial charge >= 0.3 is 5.97 Å². The second kappa shape index (κ2) is 8.96. The zero-order chi connectivity index (χ0) is 23.6. The highest BCUT2D eigenvalue weighted by Gasteiger charge is 2.36. The molecule has 2 amide bonds. The molecule has 1 aromatic carbocycles. The number of rotatable bonds is 7. The zero-order valence-corrected chi connectivity index (χ0v) is 18.4. The van der Waals surface area contributed by atoms with Crippen LogP contribution in [-0.4, -0.2) is 44.4 Å².